The van der Waals surface area contributed by atoms with E-state index in [-0.39, 0.29) is 38.8 Å². The van der Waals surface area contributed by atoms with Crippen LogP contribution >= 0.6 is 0 Å². The van der Waals surface area contributed by atoms with E-state index in [0.29, 0.717) is 17.8 Å². The van der Waals surface area contributed by atoms with Crippen molar-refractivity contribution in [3.63, 3.8) is 0 Å². The largest absolute Gasteiger partial charge is 0.478 e. The molecule has 0 saturated heterocycles. The lowest BCUT2D eigenvalue weighted by molar-refractivity contribution is 0.0686. The van der Waals surface area contributed by atoms with Crippen molar-refractivity contribution in [1.82, 2.24) is 0 Å². The summed E-state index contributed by atoms with van der Waals surface area (Å²) in [6.07, 6.45) is 0.688. The summed E-state index contributed by atoms with van der Waals surface area (Å²) in [5.41, 5.74) is 2.88. The summed E-state index contributed by atoms with van der Waals surface area (Å²) in [5, 5.41) is 18.7. The summed E-state index contributed by atoms with van der Waals surface area (Å²) in [7, 11) is 0. The van der Waals surface area contributed by atoms with Crippen LogP contribution in [0, 0.1) is 0 Å². The summed E-state index contributed by atoms with van der Waals surface area (Å²) in [6, 6.07) is 20.3. The van der Waals surface area contributed by atoms with Gasteiger partial charge in [0.15, 0.2) is 0 Å². The first-order valence-corrected chi connectivity index (χ1v) is 14.5. The Hall–Kier alpha value is -5.90. The molecule has 4 amide bonds. The van der Waals surface area contributed by atoms with Crippen LogP contribution in [0.25, 0.3) is 0 Å². The molecule has 10 heteroatoms. The molecule has 0 fully saturated rings. The number of amides is 4. The fourth-order valence-corrected chi connectivity index (χ4v) is 7.24. The highest BCUT2D eigenvalue weighted by molar-refractivity contribution is 6.35. The number of aromatic carboxylic acids is 2. The van der Waals surface area contributed by atoms with Crippen molar-refractivity contribution < 1.29 is 39.0 Å². The molecular weight excluding hydrogens is 588 g/mol. The van der Waals surface area contributed by atoms with Crippen molar-refractivity contribution in [3.05, 3.63) is 129 Å². The smallest absolute Gasteiger partial charge is 0.335 e. The van der Waals surface area contributed by atoms with Gasteiger partial charge in [-0.1, -0.05) is 39.0 Å². The second-order valence-electron chi connectivity index (χ2n) is 12.7. The van der Waals surface area contributed by atoms with Crippen molar-refractivity contribution in [2.45, 2.75) is 38.0 Å². The van der Waals surface area contributed by atoms with Crippen LogP contribution in [-0.2, 0) is 10.8 Å². The number of carbonyl (C=O) groups is 6. The maximum atomic E-state index is 13.4. The average Bonchev–Trinajstić information content (AvgIpc) is 3.52. The fraction of sp³-hybridized carbons (Fsp3) is 0.167. The highest BCUT2D eigenvalue weighted by Gasteiger charge is 2.47. The van der Waals surface area contributed by atoms with Gasteiger partial charge in [-0.2, -0.15) is 0 Å². The molecule has 2 aliphatic heterocycles. The SMILES string of the molecule is CC1(C)C[C@](C)(c2ccc(N3C(=O)c4ccc(C(=O)O)cc4C3=O)cc2)c2cc(N3C(=O)c4ccc(C(=O)O)cc4C3=O)ccc21. The number of anilines is 2. The lowest BCUT2D eigenvalue weighted by Crippen LogP contribution is -2.30. The number of hydrogen-bond donors (Lipinski definition) is 2. The normalized spacial score (nSPS) is 19.4. The van der Waals surface area contributed by atoms with Gasteiger partial charge in [-0.05, 0) is 89.2 Å². The number of nitrogens with zero attached hydrogens (tertiary/aromatic N) is 2. The van der Waals surface area contributed by atoms with Gasteiger partial charge in [-0.25, -0.2) is 19.4 Å². The first-order valence-electron chi connectivity index (χ1n) is 14.5. The maximum absolute atomic E-state index is 13.4. The number of carboxylic acids is 2. The van der Waals surface area contributed by atoms with Gasteiger partial charge >= 0.3 is 11.9 Å². The molecule has 0 bridgehead atoms. The minimum atomic E-state index is -1.20. The third kappa shape index (κ3) is 3.96. The molecule has 2 N–H and O–H groups in total. The van der Waals surface area contributed by atoms with Gasteiger partial charge in [0.25, 0.3) is 23.6 Å². The molecule has 1 aliphatic carbocycles. The summed E-state index contributed by atoms with van der Waals surface area (Å²) < 4.78 is 0. The summed E-state index contributed by atoms with van der Waals surface area (Å²) in [4.78, 5) is 78.2. The van der Waals surface area contributed by atoms with Crippen LogP contribution in [-0.4, -0.2) is 45.8 Å². The highest BCUT2D eigenvalue weighted by atomic mass is 16.4. The minimum Gasteiger partial charge on any atom is -0.478 e. The molecule has 7 rings (SSSR count). The maximum Gasteiger partial charge on any atom is 0.335 e. The quantitative estimate of drug-likeness (QED) is 0.273. The number of benzene rings is 4. The average molecular weight is 615 g/mol. The molecule has 1 atom stereocenters. The molecule has 0 radical (unpaired) electrons. The molecule has 4 aromatic rings. The molecule has 0 aromatic heterocycles. The molecule has 0 unspecified atom stereocenters. The Labute approximate surface area is 262 Å². The van der Waals surface area contributed by atoms with E-state index in [9.17, 15) is 39.0 Å². The Morgan fingerprint density at radius 2 is 1.02 bits per heavy atom. The lowest BCUT2D eigenvalue weighted by atomic mass is 9.75. The minimum absolute atomic E-state index is 0.0345. The zero-order valence-electron chi connectivity index (χ0n) is 25.0. The van der Waals surface area contributed by atoms with Crippen molar-refractivity contribution in [1.29, 1.82) is 0 Å². The number of fused-ring (bicyclic) bond motifs is 3. The molecule has 4 aromatic carbocycles. The van der Waals surface area contributed by atoms with E-state index in [4.69, 9.17) is 0 Å². The van der Waals surface area contributed by atoms with Crippen LogP contribution in [0.1, 0.15) is 106 Å². The first kappa shape index (κ1) is 28.8. The van der Waals surface area contributed by atoms with Crippen molar-refractivity contribution in [2.24, 2.45) is 0 Å². The Bertz CT molecular complexity index is 2110. The van der Waals surface area contributed by atoms with E-state index in [1.807, 2.05) is 24.3 Å². The van der Waals surface area contributed by atoms with E-state index in [0.717, 1.165) is 26.5 Å². The van der Waals surface area contributed by atoms with Gasteiger partial charge in [-0.15, -0.1) is 0 Å². The standard InChI is InChI=1S/C36H26N2O8/c1-35(2)17-36(3,20-6-8-21(9-7-20)37-29(39)23-11-4-18(33(43)44)14-25(23)31(37)41)28-16-22(10-13-27(28)35)38-30(40)24-12-5-19(34(45)46)15-26(24)32(38)42/h4-16H,17H2,1-3H3,(H,43,44)(H,45,46)/t36-/m1/s1. The van der Waals surface area contributed by atoms with E-state index in [1.54, 1.807) is 18.2 Å². The van der Waals surface area contributed by atoms with Crippen LogP contribution < -0.4 is 9.80 Å². The monoisotopic (exact) mass is 614 g/mol. The van der Waals surface area contributed by atoms with Crippen LogP contribution in [0.4, 0.5) is 11.4 Å². The van der Waals surface area contributed by atoms with Crippen molar-refractivity contribution in [2.75, 3.05) is 9.80 Å². The van der Waals surface area contributed by atoms with Crippen molar-refractivity contribution in [3.8, 4) is 0 Å². The van der Waals surface area contributed by atoms with E-state index in [2.05, 4.69) is 20.8 Å². The van der Waals surface area contributed by atoms with Crippen LogP contribution in [0.15, 0.2) is 78.9 Å². The Morgan fingerprint density at radius 3 is 1.52 bits per heavy atom. The Balaban J connectivity index is 1.24. The molecule has 3 aliphatic rings. The van der Waals surface area contributed by atoms with Gasteiger partial charge in [-0.3, -0.25) is 19.2 Å². The number of hydrogen-bond acceptors (Lipinski definition) is 6. The molecule has 228 valence electrons. The van der Waals surface area contributed by atoms with Gasteiger partial charge in [0.1, 0.15) is 0 Å². The lowest BCUT2D eigenvalue weighted by Gasteiger charge is -2.29. The molecule has 0 spiro atoms. The summed E-state index contributed by atoms with van der Waals surface area (Å²) >= 11 is 0. The van der Waals surface area contributed by atoms with Gasteiger partial charge in [0, 0.05) is 5.41 Å². The Morgan fingerprint density at radius 1 is 0.565 bits per heavy atom. The van der Waals surface area contributed by atoms with E-state index >= 15 is 0 Å². The second kappa shape index (κ2) is 9.55. The number of imide groups is 2. The van der Waals surface area contributed by atoms with Gasteiger partial charge in [0.2, 0.25) is 0 Å². The van der Waals surface area contributed by atoms with Crippen LogP contribution in [0.3, 0.4) is 0 Å². The molecular formula is C36H26N2O8. The summed E-state index contributed by atoms with van der Waals surface area (Å²) in [6.45, 7) is 6.30. The molecule has 46 heavy (non-hydrogen) atoms. The third-order valence-electron chi connectivity index (χ3n) is 9.41. The number of rotatable bonds is 5. The summed E-state index contributed by atoms with van der Waals surface area (Å²) in [5.74, 6) is -4.66. The molecule has 10 nitrogen and oxygen atoms in total. The zero-order chi connectivity index (χ0) is 32.9. The predicted molar refractivity (Wildman–Crippen MR) is 166 cm³/mol. The first-order chi connectivity index (χ1) is 21.7. The van der Waals surface area contributed by atoms with Crippen LogP contribution in [0.2, 0.25) is 0 Å². The molecule has 0 saturated carbocycles. The topological polar surface area (TPSA) is 149 Å². The van der Waals surface area contributed by atoms with Crippen molar-refractivity contribution >= 4 is 46.9 Å². The zero-order valence-corrected chi connectivity index (χ0v) is 25.0. The predicted octanol–water partition coefficient (Wildman–Crippen LogP) is 5.67. The number of carboxylic acid groups (broad SMARTS) is 2. The van der Waals surface area contributed by atoms with Gasteiger partial charge < -0.3 is 10.2 Å². The Kier molecular flexibility index (Phi) is 5.99. The molecule has 2 heterocycles. The fourth-order valence-electron chi connectivity index (χ4n) is 7.24. The highest BCUT2D eigenvalue weighted by Crippen LogP contribution is 2.54. The van der Waals surface area contributed by atoms with Crippen LogP contribution in [0.5, 0.6) is 0 Å². The second-order valence-corrected chi connectivity index (χ2v) is 12.7. The van der Waals surface area contributed by atoms with E-state index < -0.39 is 41.0 Å². The van der Waals surface area contributed by atoms with Gasteiger partial charge in [0.05, 0.1) is 44.8 Å². The third-order valence-corrected chi connectivity index (χ3v) is 9.41. The number of carbonyl (C=O) groups excluding carboxylic acids is 4. The van der Waals surface area contributed by atoms with E-state index in [1.165, 1.54) is 36.4 Å².